The molecule has 2 aliphatic heterocycles. The zero-order valence-electron chi connectivity index (χ0n) is 20.1. The quantitative estimate of drug-likeness (QED) is 0.658. The van der Waals surface area contributed by atoms with Gasteiger partial charge in [0.15, 0.2) is 0 Å². The van der Waals surface area contributed by atoms with Crippen LogP contribution in [0.4, 0.5) is 4.39 Å². The number of rotatable bonds is 5. The minimum atomic E-state index is -0.774. The van der Waals surface area contributed by atoms with Crippen LogP contribution in [0.5, 0.6) is 0 Å². The van der Waals surface area contributed by atoms with Gasteiger partial charge in [-0.15, -0.1) is 0 Å². The first-order valence-electron chi connectivity index (χ1n) is 12.7. The van der Waals surface area contributed by atoms with Gasteiger partial charge in [0.25, 0.3) is 0 Å². The SMILES string of the molecule is CC1CCC(F)C2CC(C(=O)NC3CCCC(N4CCN(C(=O)CN(C)C)CC4)C3)NC12. The maximum Gasteiger partial charge on any atom is 0.237 e. The van der Waals surface area contributed by atoms with Crippen LogP contribution in [-0.4, -0.2) is 104 Å². The fourth-order valence-corrected chi connectivity index (χ4v) is 6.44. The first-order valence-corrected chi connectivity index (χ1v) is 12.7. The second-order valence-electron chi connectivity index (χ2n) is 10.9. The molecule has 32 heavy (non-hydrogen) atoms. The normalized spacial score (nSPS) is 38.5. The van der Waals surface area contributed by atoms with Gasteiger partial charge in [0, 0.05) is 50.2 Å². The lowest BCUT2D eigenvalue weighted by molar-refractivity contribution is -0.134. The Labute approximate surface area is 192 Å². The van der Waals surface area contributed by atoms with Crippen molar-refractivity contribution >= 4 is 11.8 Å². The van der Waals surface area contributed by atoms with Crippen molar-refractivity contribution in [2.75, 3.05) is 46.8 Å². The number of likely N-dealkylation sites (N-methyl/N-ethyl adjacent to an activating group) is 1. The Morgan fingerprint density at radius 1 is 1.06 bits per heavy atom. The number of piperazine rings is 1. The van der Waals surface area contributed by atoms with Crippen molar-refractivity contribution in [3.05, 3.63) is 0 Å². The van der Waals surface area contributed by atoms with E-state index in [0.717, 1.165) is 58.3 Å². The molecule has 0 aromatic heterocycles. The van der Waals surface area contributed by atoms with E-state index in [4.69, 9.17) is 0 Å². The summed E-state index contributed by atoms with van der Waals surface area (Å²) in [4.78, 5) is 31.7. The molecule has 4 aliphatic rings. The molecular weight excluding hydrogens is 409 g/mol. The number of alkyl halides is 1. The number of nitrogens with zero attached hydrogens (tertiary/aromatic N) is 3. The van der Waals surface area contributed by atoms with Gasteiger partial charge in [-0.1, -0.05) is 6.92 Å². The van der Waals surface area contributed by atoms with E-state index in [2.05, 4.69) is 22.5 Å². The van der Waals surface area contributed by atoms with Crippen LogP contribution in [0.25, 0.3) is 0 Å². The molecule has 7 unspecified atom stereocenters. The van der Waals surface area contributed by atoms with Gasteiger partial charge in [-0.2, -0.15) is 0 Å². The summed E-state index contributed by atoms with van der Waals surface area (Å²) in [6.07, 6.45) is 5.65. The summed E-state index contributed by atoms with van der Waals surface area (Å²) < 4.78 is 14.4. The average Bonchev–Trinajstić information content (AvgIpc) is 3.23. The first kappa shape index (κ1) is 23.9. The second-order valence-corrected chi connectivity index (χ2v) is 10.9. The number of carbonyl (C=O) groups excluding carboxylic acids is 2. The van der Waals surface area contributed by atoms with Crippen molar-refractivity contribution in [2.24, 2.45) is 11.8 Å². The number of hydrogen-bond donors (Lipinski definition) is 2. The molecule has 8 heteroatoms. The summed E-state index contributed by atoms with van der Waals surface area (Å²) >= 11 is 0. The van der Waals surface area contributed by atoms with Gasteiger partial charge in [-0.25, -0.2) is 4.39 Å². The zero-order valence-corrected chi connectivity index (χ0v) is 20.1. The molecule has 2 saturated carbocycles. The van der Waals surface area contributed by atoms with Gasteiger partial charge in [0.1, 0.15) is 6.17 Å². The number of halogens is 1. The molecule has 182 valence electrons. The Morgan fingerprint density at radius 2 is 1.81 bits per heavy atom. The predicted molar refractivity (Wildman–Crippen MR) is 123 cm³/mol. The summed E-state index contributed by atoms with van der Waals surface area (Å²) in [6, 6.07) is 0.544. The highest BCUT2D eigenvalue weighted by Crippen LogP contribution is 2.38. The van der Waals surface area contributed by atoms with Crippen LogP contribution in [0.1, 0.15) is 51.9 Å². The summed E-state index contributed by atoms with van der Waals surface area (Å²) in [5, 5.41) is 6.76. The molecule has 2 aliphatic carbocycles. The molecule has 2 saturated heterocycles. The minimum absolute atomic E-state index is 0.0138. The summed E-state index contributed by atoms with van der Waals surface area (Å²) in [7, 11) is 3.85. The molecule has 7 atom stereocenters. The van der Waals surface area contributed by atoms with Gasteiger partial charge in [0.05, 0.1) is 12.6 Å². The smallest absolute Gasteiger partial charge is 0.237 e. The molecule has 4 fully saturated rings. The standard InChI is InChI=1S/C24H42FN5O2/c1-16-7-8-20(25)19-14-21(27-23(16)19)24(32)26-17-5-4-6-18(13-17)29-9-11-30(12-10-29)22(31)15-28(2)3/h16-21,23,27H,4-15H2,1-3H3,(H,26,32). The van der Waals surface area contributed by atoms with Crippen molar-refractivity contribution in [2.45, 2.75) is 82.2 Å². The van der Waals surface area contributed by atoms with E-state index in [1.165, 1.54) is 0 Å². The van der Waals surface area contributed by atoms with Crippen molar-refractivity contribution in [3.8, 4) is 0 Å². The number of hydrogen-bond acceptors (Lipinski definition) is 5. The average molecular weight is 452 g/mol. The van der Waals surface area contributed by atoms with E-state index in [9.17, 15) is 14.0 Å². The molecule has 2 N–H and O–H groups in total. The summed E-state index contributed by atoms with van der Waals surface area (Å²) in [6.45, 7) is 6.05. The molecule has 7 nitrogen and oxygen atoms in total. The largest absolute Gasteiger partial charge is 0.352 e. The van der Waals surface area contributed by atoms with Crippen molar-refractivity contribution < 1.29 is 14.0 Å². The third-order valence-electron chi connectivity index (χ3n) is 8.28. The van der Waals surface area contributed by atoms with E-state index in [1.54, 1.807) is 0 Å². The molecule has 0 bridgehead atoms. The Hall–Kier alpha value is -1.25. The van der Waals surface area contributed by atoms with E-state index >= 15 is 0 Å². The molecule has 4 rings (SSSR count). The highest BCUT2D eigenvalue weighted by molar-refractivity contribution is 5.82. The van der Waals surface area contributed by atoms with Crippen molar-refractivity contribution in [3.63, 3.8) is 0 Å². The van der Waals surface area contributed by atoms with Crippen molar-refractivity contribution in [1.82, 2.24) is 25.3 Å². The van der Waals surface area contributed by atoms with Crippen LogP contribution in [0, 0.1) is 11.8 Å². The van der Waals surface area contributed by atoms with Crippen molar-refractivity contribution in [1.29, 1.82) is 0 Å². The van der Waals surface area contributed by atoms with Crippen LogP contribution < -0.4 is 10.6 Å². The van der Waals surface area contributed by atoms with Gasteiger partial charge >= 0.3 is 0 Å². The first-order chi connectivity index (χ1) is 15.3. The molecule has 0 radical (unpaired) electrons. The molecular formula is C24H42FN5O2. The second kappa shape index (κ2) is 10.3. The molecule has 2 heterocycles. The van der Waals surface area contributed by atoms with E-state index in [1.807, 2.05) is 23.9 Å². The van der Waals surface area contributed by atoms with E-state index in [0.29, 0.717) is 31.3 Å². The molecule has 0 spiro atoms. The topological polar surface area (TPSA) is 67.9 Å². The summed E-state index contributed by atoms with van der Waals surface area (Å²) in [5.41, 5.74) is 0. The molecule has 2 amide bonds. The maximum atomic E-state index is 14.4. The van der Waals surface area contributed by atoms with Crippen LogP contribution in [0.15, 0.2) is 0 Å². The van der Waals surface area contributed by atoms with Gasteiger partial charge in [-0.05, 0) is 65.0 Å². The lowest BCUT2D eigenvalue weighted by Crippen LogP contribution is -2.56. The highest BCUT2D eigenvalue weighted by Gasteiger charge is 2.46. The molecule has 0 aromatic carbocycles. The number of carbonyl (C=O) groups is 2. The fourth-order valence-electron chi connectivity index (χ4n) is 6.44. The third-order valence-corrected chi connectivity index (χ3v) is 8.28. The third kappa shape index (κ3) is 5.45. The van der Waals surface area contributed by atoms with E-state index < -0.39 is 6.17 Å². The Kier molecular flexibility index (Phi) is 7.73. The highest BCUT2D eigenvalue weighted by atomic mass is 19.1. The Balaban J connectivity index is 1.24. The monoisotopic (exact) mass is 451 g/mol. The predicted octanol–water partition coefficient (Wildman–Crippen LogP) is 1.23. The Morgan fingerprint density at radius 3 is 2.50 bits per heavy atom. The molecule has 0 aromatic rings. The van der Waals surface area contributed by atoms with Crippen LogP contribution >= 0.6 is 0 Å². The lowest BCUT2D eigenvalue weighted by atomic mass is 9.77. The minimum Gasteiger partial charge on any atom is -0.352 e. The zero-order chi connectivity index (χ0) is 22.8. The lowest BCUT2D eigenvalue weighted by Gasteiger charge is -2.42. The maximum absolute atomic E-state index is 14.4. The van der Waals surface area contributed by atoms with Gasteiger partial charge in [0.2, 0.25) is 11.8 Å². The fraction of sp³-hybridized carbons (Fsp3) is 0.917. The van der Waals surface area contributed by atoms with Crippen LogP contribution in [0.3, 0.4) is 0 Å². The van der Waals surface area contributed by atoms with Crippen LogP contribution in [-0.2, 0) is 9.59 Å². The van der Waals surface area contributed by atoms with Crippen LogP contribution in [0.2, 0.25) is 0 Å². The van der Waals surface area contributed by atoms with Gasteiger partial charge in [-0.3, -0.25) is 14.5 Å². The number of amides is 2. The van der Waals surface area contributed by atoms with E-state index in [-0.39, 0.29) is 35.9 Å². The Bertz CT molecular complexity index is 651. The van der Waals surface area contributed by atoms with Gasteiger partial charge < -0.3 is 20.4 Å². The summed E-state index contributed by atoms with van der Waals surface area (Å²) in [5.74, 6) is 0.689. The number of fused-ring (bicyclic) bond motifs is 1. The number of nitrogens with one attached hydrogen (secondary N) is 2.